The number of likely N-dealkylation sites (tertiary alicyclic amines) is 1. The lowest BCUT2D eigenvalue weighted by Gasteiger charge is -2.18. The minimum absolute atomic E-state index is 0.296. The van der Waals surface area contributed by atoms with Gasteiger partial charge < -0.3 is 10.2 Å². The molecule has 62 valence electrons. The zero-order valence-corrected chi connectivity index (χ0v) is 6.84. The first-order valence-electron chi connectivity index (χ1n) is 4.26. The molecule has 2 saturated heterocycles. The summed E-state index contributed by atoms with van der Waals surface area (Å²) in [5, 5.41) is 3.45. The molecule has 2 bridgehead atoms. The quantitative estimate of drug-likeness (QED) is 0.531. The molecule has 0 aromatic carbocycles. The summed E-state index contributed by atoms with van der Waals surface area (Å²) < 4.78 is 0. The first kappa shape index (κ1) is 7.10. The summed E-state index contributed by atoms with van der Waals surface area (Å²) in [6, 6.07) is 1.04. The van der Waals surface area contributed by atoms with Crippen LogP contribution < -0.4 is 5.32 Å². The molecule has 3 nitrogen and oxygen atoms in total. The van der Waals surface area contributed by atoms with Crippen LogP contribution in [0.2, 0.25) is 0 Å². The van der Waals surface area contributed by atoms with Gasteiger partial charge in [-0.3, -0.25) is 4.79 Å². The van der Waals surface area contributed by atoms with Crippen LogP contribution in [0.5, 0.6) is 0 Å². The molecule has 2 heterocycles. The van der Waals surface area contributed by atoms with Gasteiger partial charge in [0, 0.05) is 32.1 Å². The third kappa shape index (κ3) is 1.25. The van der Waals surface area contributed by atoms with Crippen molar-refractivity contribution in [2.24, 2.45) is 0 Å². The molecule has 0 aliphatic carbocycles. The normalized spacial score (nSPS) is 37.5. The maximum Gasteiger partial charge on any atom is 0.223 e. The Hall–Kier alpha value is -0.570. The van der Waals surface area contributed by atoms with Gasteiger partial charge in [-0.1, -0.05) is 0 Å². The molecule has 0 spiro atoms. The van der Waals surface area contributed by atoms with Crippen LogP contribution in [-0.4, -0.2) is 36.5 Å². The highest BCUT2D eigenvalue weighted by molar-refractivity contribution is 5.77. The van der Waals surface area contributed by atoms with Gasteiger partial charge in [0.15, 0.2) is 0 Å². The van der Waals surface area contributed by atoms with E-state index in [-0.39, 0.29) is 0 Å². The Morgan fingerprint density at radius 1 is 1.45 bits per heavy atom. The maximum absolute atomic E-state index is 11.3. The van der Waals surface area contributed by atoms with Crippen molar-refractivity contribution in [3.8, 4) is 0 Å². The van der Waals surface area contributed by atoms with E-state index in [0.717, 1.165) is 6.54 Å². The maximum atomic E-state index is 11.3. The zero-order valence-electron chi connectivity index (χ0n) is 6.84. The van der Waals surface area contributed by atoms with Crippen LogP contribution in [0.25, 0.3) is 0 Å². The van der Waals surface area contributed by atoms with Gasteiger partial charge in [0.25, 0.3) is 0 Å². The molecule has 0 unspecified atom stereocenters. The van der Waals surface area contributed by atoms with Crippen LogP contribution >= 0.6 is 0 Å². The van der Waals surface area contributed by atoms with Crippen LogP contribution in [-0.2, 0) is 4.79 Å². The van der Waals surface area contributed by atoms with Crippen LogP contribution in [0.15, 0.2) is 0 Å². The van der Waals surface area contributed by atoms with Gasteiger partial charge in [0.1, 0.15) is 0 Å². The zero-order chi connectivity index (χ0) is 7.84. The lowest BCUT2D eigenvalue weighted by molar-refractivity contribution is -0.129. The predicted octanol–water partition coefficient (Wildman–Crippen LogP) is -0.0309. The lowest BCUT2D eigenvalue weighted by atomic mass is 10.1. The fourth-order valence-electron chi connectivity index (χ4n) is 2.01. The van der Waals surface area contributed by atoms with E-state index in [4.69, 9.17) is 0 Å². The Bertz CT molecular complexity index is 181. The second-order valence-electron chi connectivity index (χ2n) is 3.62. The number of carbonyl (C=O) groups excluding carboxylic acids is 1. The molecule has 1 N–H and O–H groups in total. The van der Waals surface area contributed by atoms with E-state index in [2.05, 4.69) is 5.32 Å². The summed E-state index contributed by atoms with van der Waals surface area (Å²) in [4.78, 5) is 13.1. The van der Waals surface area contributed by atoms with Crippen molar-refractivity contribution in [3.63, 3.8) is 0 Å². The Morgan fingerprint density at radius 3 is 3.00 bits per heavy atom. The van der Waals surface area contributed by atoms with Gasteiger partial charge in [0.05, 0.1) is 0 Å². The predicted molar refractivity (Wildman–Crippen MR) is 42.2 cm³/mol. The smallest absolute Gasteiger partial charge is 0.223 e. The number of hydrogen-bond donors (Lipinski definition) is 1. The number of amides is 1. The number of fused-ring (bicyclic) bond motifs is 2. The minimum atomic E-state index is 0.296. The number of nitrogens with one attached hydrogen (secondary N) is 1. The molecule has 1 amide bonds. The molecule has 0 aromatic rings. The molecule has 3 heteroatoms. The molecule has 2 rings (SSSR count). The first-order valence-corrected chi connectivity index (χ1v) is 4.26. The fraction of sp³-hybridized carbons (Fsp3) is 0.875. The summed E-state index contributed by atoms with van der Waals surface area (Å²) in [5.41, 5.74) is 0. The molecule has 2 aliphatic heterocycles. The summed E-state index contributed by atoms with van der Waals surface area (Å²) in [6.45, 7) is 0.898. The van der Waals surface area contributed by atoms with Crippen molar-refractivity contribution in [1.82, 2.24) is 10.2 Å². The summed E-state index contributed by atoms with van der Waals surface area (Å²) in [5.74, 6) is 0.296. The van der Waals surface area contributed by atoms with E-state index in [0.29, 0.717) is 24.4 Å². The molecular weight excluding hydrogens is 140 g/mol. The van der Waals surface area contributed by atoms with E-state index in [1.54, 1.807) is 0 Å². The Balaban J connectivity index is 2.10. The minimum Gasteiger partial charge on any atom is -0.344 e. The van der Waals surface area contributed by atoms with Crippen LogP contribution in [0, 0.1) is 0 Å². The van der Waals surface area contributed by atoms with Gasteiger partial charge in [-0.25, -0.2) is 0 Å². The van der Waals surface area contributed by atoms with Crippen molar-refractivity contribution in [3.05, 3.63) is 0 Å². The van der Waals surface area contributed by atoms with Crippen LogP contribution in [0.1, 0.15) is 19.3 Å². The largest absolute Gasteiger partial charge is 0.344 e. The molecule has 0 saturated carbocycles. The Morgan fingerprint density at radius 2 is 2.18 bits per heavy atom. The molecule has 11 heavy (non-hydrogen) atoms. The van der Waals surface area contributed by atoms with Crippen LogP contribution in [0.4, 0.5) is 0 Å². The number of rotatable bonds is 0. The standard InChI is InChI=1S/C8H14N2O/c1-10-5-7-3-2-6(9-7)4-8(10)11/h6-7,9H,2-5H2,1H3/t6-,7+/m0/s1. The lowest BCUT2D eigenvalue weighted by Crippen LogP contribution is -2.34. The highest BCUT2D eigenvalue weighted by Gasteiger charge is 2.31. The van der Waals surface area contributed by atoms with E-state index in [1.807, 2.05) is 11.9 Å². The van der Waals surface area contributed by atoms with E-state index in [1.165, 1.54) is 12.8 Å². The second kappa shape index (κ2) is 2.48. The Kier molecular flexibility index (Phi) is 1.60. The highest BCUT2D eigenvalue weighted by atomic mass is 16.2. The first-order chi connectivity index (χ1) is 5.25. The SMILES string of the molecule is CN1C[C@H]2CC[C@@H](CC1=O)N2. The summed E-state index contributed by atoms with van der Waals surface area (Å²) in [7, 11) is 1.89. The molecule has 2 aliphatic rings. The number of carbonyl (C=O) groups is 1. The average molecular weight is 154 g/mol. The van der Waals surface area contributed by atoms with Crippen molar-refractivity contribution in [2.75, 3.05) is 13.6 Å². The van der Waals surface area contributed by atoms with Gasteiger partial charge in [-0.05, 0) is 12.8 Å². The molecular formula is C8H14N2O. The molecule has 2 fully saturated rings. The van der Waals surface area contributed by atoms with E-state index < -0.39 is 0 Å². The highest BCUT2D eigenvalue weighted by Crippen LogP contribution is 2.19. The van der Waals surface area contributed by atoms with Crippen molar-refractivity contribution in [1.29, 1.82) is 0 Å². The molecule has 2 atom stereocenters. The van der Waals surface area contributed by atoms with Crippen molar-refractivity contribution >= 4 is 5.91 Å². The third-order valence-electron chi connectivity index (χ3n) is 2.68. The fourth-order valence-corrected chi connectivity index (χ4v) is 2.01. The van der Waals surface area contributed by atoms with Gasteiger partial charge >= 0.3 is 0 Å². The van der Waals surface area contributed by atoms with Gasteiger partial charge in [0.2, 0.25) is 5.91 Å². The summed E-state index contributed by atoms with van der Waals surface area (Å²) >= 11 is 0. The van der Waals surface area contributed by atoms with Crippen LogP contribution in [0.3, 0.4) is 0 Å². The number of hydrogen-bond acceptors (Lipinski definition) is 2. The number of nitrogens with zero attached hydrogens (tertiary/aromatic N) is 1. The second-order valence-corrected chi connectivity index (χ2v) is 3.62. The third-order valence-corrected chi connectivity index (χ3v) is 2.68. The average Bonchev–Trinajstić information content (AvgIpc) is 2.30. The summed E-state index contributed by atoms with van der Waals surface area (Å²) in [6.07, 6.45) is 3.12. The topological polar surface area (TPSA) is 32.3 Å². The van der Waals surface area contributed by atoms with E-state index >= 15 is 0 Å². The molecule has 0 radical (unpaired) electrons. The van der Waals surface area contributed by atoms with E-state index in [9.17, 15) is 4.79 Å². The van der Waals surface area contributed by atoms with Crippen molar-refractivity contribution in [2.45, 2.75) is 31.3 Å². The van der Waals surface area contributed by atoms with Gasteiger partial charge in [-0.2, -0.15) is 0 Å². The Labute approximate surface area is 66.8 Å². The molecule has 0 aromatic heterocycles. The van der Waals surface area contributed by atoms with Gasteiger partial charge in [-0.15, -0.1) is 0 Å². The monoisotopic (exact) mass is 154 g/mol. The number of likely N-dealkylation sites (N-methyl/N-ethyl adjacent to an activating group) is 1. The van der Waals surface area contributed by atoms with Crippen molar-refractivity contribution < 1.29 is 4.79 Å².